The number of alkyl halides is 3. The molecule has 70 valence electrons. The van der Waals surface area contributed by atoms with Gasteiger partial charge in [0.25, 0.3) is 6.43 Å². The quantitative estimate of drug-likeness (QED) is 0.609. The van der Waals surface area contributed by atoms with E-state index in [2.05, 4.69) is 20.9 Å². The van der Waals surface area contributed by atoms with Crippen molar-refractivity contribution in [2.75, 3.05) is 0 Å². The molecule has 0 aliphatic carbocycles. The van der Waals surface area contributed by atoms with Crippen LogP contribution in [0.1, 0.15) is 28.0 Å². The number of pyridine rings is 1. The maximum Gasteiger partial charge on any atom is 0.280 e. The highest BCUT2D eigenvalue weighted by atomic mass is 79.9. The second kappa shape index (κ2) is 4.41. The molecular formula is C8H6BrF2NO. The molecule has 2 nitrogen and oxygen atoms in total. The summed E-state index contributed by atoms with van der Waals surface area (Å²) in [5.41, 5.74) is 0.557. The Hall–Kier alpha value is -0.840. The van der Waals surface area contributed by atoms with E-state index in [4.69, 9.17) is 0 Å². The second-order valence-electron chi connectivity index (χ2n) is 2.36. The van der Waals surface area contributed by atoms with Crippen molar-refractivity contribution in [2.24, 2.45) is 0 Å². The smallest absolute Gasteiger partial charge is 0.280 e. The molecule has 1 heterocycles. The topological polar surface area (TPSA) is 30.0 Å². The SMILES string of the molecule is O=Cc1cnc(C(F)F)cc1CBr. The minimum Gasteiger partial charge on any atom is -0.298 e. The number of rotatable bonds is 3. The Morgan fingerprint density at radius 1 is 1.62 bits per heavy atom. The molecular weight excluding hydrogens is 244 g/mol. The molecule has 0 fully saturated rings. The Morgan fingerprint density at radius 3 is 2.77 bits per heavy atom. The third kappa shape index (κ3) is 2.30. The molecule has 0 atom stereocenters. The third-order valence-corrected chi connectivity index (χ3v) is 2.14. The van der Waals surface area contributed by atoms with Crippen LogP contribution in [0, 0.1) is 0 Å². The van der Waals surface area contributed by atoms with Crippen LogP contribution in [0.3, 0.4) is 0 Å². The molecule has 13 heavy (non-hydrogen) atoms. The van der Waals surface area contributed by atoms with Crippen LogP contribution in [-0.2, 0) is 5.33 Å². The monoisotopic (exact) mass is 249 g/mol. The first kappa shape index (κ1) is 10.2. The molecule has 0 aromatic carbocycles. The van der Waals surface area contributed by atoms with E-state index in [0.29, 0.717) is 22.7 Å². The van der Waals surface area contributed by atoms with Crippen LogP contribution in [0.4, 0.5) is 8.78 Å². The van der Waals surface area contributed by atoms with Crippen LogP contribution in [0.5, 0.6) is 0 Å². The third-order valence-electron chi connectivity index (χ3n) is 1.54. The summed E-state index contributed by atoms with van der Waals surface area (Å²) in [6.07, 6.45) is -0.845. The summed E-state index contributed by atoms with van der Waals surface area (Å²) in [6.45, 7) is 0. The van der Waals surface area contributed by atoms with E-state index >= 15 is 0 Å². The maximum absolute atomic E-state index is 12.2. The van der Waals surface area contributed by atoms with Gasteiger partial charge < -0.3 is 0 Å². The molecule has 1 aromatic rings. The molecule has 0 unspecified atom stereocenters. The van der Waals surface area contributed by atoms with Crippen LogP contribution >= 0.6 is 15.9 Å². The highest BCUT2D eigenvalue weighted by Crippen LogP contribution is 2.19. The van der Waals surface area contributed by atoms with Crippen molar-refractivity contribution in [1.82, 2.24) is 4.98 Å². The lowest BCUT2D eigenvalue weighted by Crippen LogP contribution is -1.96. The first-order valence-electron chi connectivity index (χ1n) is 3.47. The van der Waals surface area contributed by atoms with E-state index < -0.39 is 6.43 Å². The van der Waals surface area contributed by atoms with E-state index in [1.165, 1.54) is 6.07 Å². The zero-order chi connectivity index (χ0) is 9.84. The maximum atomic E-state index is 12.2. The number of aldehydes is 1. The fraction of sp³-hybridized carbons (Fsp3) is 0.250. The van der Waals surface area contributed by atoms with Gasteiger partial charge in [0, 0.05) is 17.1 Å². The summed E-state index contributed by atoms with van der Waals surface area (Å²) in [6, 6.07) is 1.23. The van der Waals surface area contributed by atoms with E-state index in [-0.39, 0.29) is 5.69 Å². The Morgan fingerprint density at radius 2 is 2.31 bits per heavy atom. The largest absolute Gasteiger partial charge is 0.298 e. The first-order valence-corrected chi connectivity index (χ1v) is 4.59. The Balaban J connectivity index is 3.12. The van der Waals surface area contributed by atoms with Gasteiger partial charge >= 0.3 is 0 Å². The highest BCUT2D eigenvalue weighted by Gasteiger charge is 2.11. The number of nitrogens with zero attached hydrogens (tertiary/aromatic N) is 1. The number of halogens is 3. The Labute approximate surface area is 82.1 Å². The normalized spacial score (nSPS) is 10.5. The van der Waals surface area contributed by atoms with Gasteiger partial charge in [-0.2, -0.15) is 0 Å². The van der Waals surface area contributed by atoms with Gasteiger partial charge in [-0.05, 0) is 11.6 Å². The number of hydrogen-bond donors (Lipinski definition) is 0. The lowest BCUT2D eigenvalue weighted by atomic mass is 10.1. The fourth-order valence-electron chi connectivity index (χ4n) is 0.867. The molecule has 1 rings (SSSR count). The molecule has 0 aliphatic heterocycles. The summed E-state index contributed by atoms with van der Waals surface area (Å²) >= 11 is 3.10. The van der Waals surface area contributed by atoms with Crippen molar-refractivity contribution in [3.8, 4) is 0 Å². The molecule has 0 spiro atoms. The van der Waals surface area contributed by atoms with Gasteiger partial charge in [-0.3, -0.25) is 9.78 Å². The van der Waals surface area contributed by atoms with E-state index in [0.717, 1.165) is 6.20 Å². The molecule has 5 heteroatoms. The molecule has 0 amide bonds. The average molecular weight is 250 g/mol. The van der Waals surface area contributed by atoms with E-state index in [1.54, 1.807) is 0 Å². The highest BCUT2D eigenvalue weighted by molar-refractivity contribution is 9.08. The lowest BCUT2D eigenvalue weighted by Gasteiger charge is -2.03. The Kier molecular flexibility index (Phi) is 3.48. The summed E-state index contributed by atoms with van der Waals surface area (Å²) in [5, 5.41) is 0.364. The van der Waals surface area contributed by atoms with Gasteiger partial charge in [0.15, 0.2) is 6.29 Å². The molecule has 0 aliphatic rings. The minimum atomic E-state index is -2.60. The average Bonchev–Trinajstić information content (AvgIpc) is 2.16. The molecule has 0 radical (unpaired) electrons. The van der Waals surface area contributed by atoms with Crippen molar-refractivity contribution >= 4 is 22.2 Å². The van der Waals surface area contributed by atoms with Crippen LogP contribution in [0.2, 0.25) is 0 Å². The number of hydrogen-bond acceptors (Lipinski definition) is 2. The van der Waals surface area contributed by atoms with Gasteiger partial charge in [-0.15, -0.1) is 0 Å². The predicted octanol–water partition coefficient (Wildman–Crippen LogP) is 2.73. The van der Waals surface area contributed by atoms with Gasteiger partial charge in [0.1, 0.15) is 5.69 Å². The van der Waals surface area contributed by atoms with Crippen molar-refractivity contribution in [1.29, 1.82) is 0 Å². The molecule has 0 saturated carbocycles. The van der Waals surface area contributed by atoms with Crippen molar-refractivity contribution < 1.29 is 13.6 Å². The summed E-state index contributed by atoms with van der Waals surface area (Å²) in [5.74, 6) is 0. The van der Waals surface area contributed by atoms with E-state index in [1.807, 2.05) is 0 Å². The van der Waals surface area contributed by atoms with Crippen molar-refractivity contribution in [3.05, 3.63) is 29.1 Å². The molecule has 0 bridgehead atoms. The van der Waals surface area contributed by atoms with Crippen LogP contribution in [0.25, 0.3) is 0 Å². The standard InChI is InChI=1S/C8H6BrF2NO/c9-2-5-1-7(8(10)11)12-3-6(5)4-13/h1,3-4,8H,2H2. The zero-order valence-electron chi connectivity index (χ0n) is 6.51. The van der Waals surface area contributed by atoms with Gasteiger partial charge in [0.05, 0.1) is 0 Å². The Bertz CT molecular complexity index is 317. The minimum absolute atomic E-state index is 0.306. The second-order valence-corrected chi connectivity index (χ2v) is 2.92. The van der Waals surface area contributed by atoms with Crippen LogP contribution < -0.4 is 0 Å². The fourth-order valence-corrected chi connectivity index (χ4v) is 1.35. The van der Waals surface area contributed by atoms with Gasteiger partial charge in [-0.1, -0.05) is 15.9 Å². The number of carbonyl (C=O) groups is 1. The first-order chi connectivity index (χ1) is 6.19. The van der Waals surface area contributed by atoms with Crippen LogP contribution in [-0.4, -0.2) is 11.3 Å². The number of carbonyl (C=O) groups excluding carboxylic acids is 1. The van der Waals surface area contributed by atoms with Crippen molar-refractivity contribution in [2.45, 2.75) is 11.8 Å². The van der Waals surface area contributed by atoms with Crippen molar-refractivity contribution in [3.63, 3.8) is 0 Å². The van der Waals surface area contributed by atoms with E-state index in [9.17, 15) is 13.6 Å². The van der Waals surface area contributed by atoms with Gasteiger partial charge in [0.2, 0.25) is 0 Å². The molecule has 0 saturated heterocycles. The summed E-state index contributed by atoms with van der Waals surface area (Å²) in [4.78, 5) is 13.9. The lowest BCUT2D eigenvalue weighted by molar-refractivity contribution is 0.112. The summed E-state index contributed by atoms with van der Waals surface area (Å²) in [7, 11) is 0. The van der Waals surface area contributed by atoms with Crippen LogP contribution in [0.15, 0.2) is 12.3 Å². The predicted molar refractivity (Wildman–Crippen MR) is 47.2 cm³/mol. The molecule has 0 N–H and O–H groups in total. The zero-order valence-corrected chi connectivity index (χ0v) is 8.09. The summed E-state index contributed by atoms with van der Waals surface area (Å²) < 4.78 is 24.3. The molecule has 1 aromatic heterocycles. The number of aromatic nitrogens is 1. The van der Waals surface area contributed by atoms with Gasteiger partial charge in [-0.25, -0.2) is 8.78 Å².